The van der Waals surface area contributed by atoms with Gasteiger partial charge in [-0.05, 0) is 25.0 Å². The van der Waals surface area contributed by atoms with Gasteiger partial charge in [0.15, 0.2) is 11.0 Å². The van der Waals surface area contributed by atoms with E-state index in [1.807, 2.05) is 13.0 Å². The Morgan fingerprint density at radius 1 is 1.53 bits per heavy atom. The molecule has 0 spiro atoms. The minimum atomic E-state index is 0.501. The van der Waals surface area contributed by atoms with E-state index in [1.54, 1.807) is 0 Å². The molecule has 2 aliphatic heterocycles. The van der Waals surface area contributed by atoms with Gasteiger partial charge < -0.3 is 10.2 Å². The summed E-state index contributed by atoms with van der Waals surface area (Å²) in [5.74, 6) is 0.964. The molecule has 0 unspecified atom stereocenters. The van der Waals surface area contributed by atoms with Gasteiger partial charge in [0.05, 0.1) is 0 Å². The van der Waals surface area contributed by atoms with Crippen LogP contribution in [0.15, 0.2) is 6.07 Å². The summed E-state index contributed by atoms with van der Waals surface area (Å²) in [5, 5.41) is 12.1. The van der Waals surface area contributed by atoms with Crippen LogP contribution in [-0.4, -0.2) is 35.4 Å². The topological polar surface area (TPSA) is 41.0 Å². The number of hydrogen-bond acceptors (Lipinski definition) is 4. The molecule has 2 aliphatic rings. The van der Waals surface area contributed by atoms with Crippen LogP contribution in [0, 0.1) is 6.92 Å². The molecular formula is C10H13ClN4. The summed E-state index contributed by atoms with van der Waals surface area (Å²) in [7, 11) is 0. The van der Waals surface area contributed by atoms with Crippen LogP contribution in [0.4, 0.5) is 5.82 Å². The van der Waals surface area contributed by atoms with E-state index in [9.17, 15) is 0 Å². The summed E-state index contributed by atoms with van der Waals surface area (Å²) in [5.41, 5.74) is 0.998. The van der Waals surface area contributed by atoms with E-state index in [2.05, 4.69) is 20.4 Å². The Labute approximate surface area is 93.6 Å². The third kappa shape index (κ3) is 1.48. The monoisotopic (exact) mass is 224 g/mol. The van der Waals surface area contributed by atoms with Crippen LogP contribution < -0.4 is 10.2 Å². The molecule has 15 heavy (non-hydrogen) atoms. The fraction of sp³-hybridized carbons (Fsp3) is 0.600. The zero-order valence-corrected chi connectivity index (χ0v) is 9.33. The standard InChI is InChI=1S/C10H13ClN4/c1-6-2-9(13-14-10(6)11)15-5-7-3-8(15)4-12-7/h2,7-8,12H,3-5H2,1H3/t7-,8-/m0/s1. The first-order valence-corrected chi connectivity index (χ1v) is 5.61. The number of piperazine rings is 1. The van der Waals surface area contributed by atoms with Crippen molar-refractivity contribution in [3.63, 3.8) is 0 Å². The first-order valence-electron chi connectivity index (χ1n) is 5.24. The second kappa shape index (κ2) is 3.32. The molecule has 5 heteroatoms. The van der Waals surface area contributed by atoms with Crippen molar-refractivity contribution in [1.29, 1.82) is 0 Å². The summed E-state index contributed by atoms with van der Waals surface area (Å²) in [6, 6.07) is 3.24. The number of rotatable bonds is 1. The predicted octanol–water partition coefficient (Wildman–Crippen LogP) is 0.989. The van der Waals surface area contributed by atoms with Gasteiger partial charge in [-0.25, -0.2) is 0 Å². The zero-order chi connectivity index (χ0) is 10.4. The van der Waals surface area contributed by atoms with Gasteiger partial charge in [-0.3, -0.25) is 0 Å². The Bertz CT molecular complexity index is 395. The zero-order valence-electron chi connectivity index (χ0n) is 8.57. The number of aromatic nitrogens is 2. The fourth-order valence-corrected chi connectivity index (χ4v) is 2.53. The number of hydrogen-bond donors (Lipinski definition) is 1. The van der Waals surface area contributed by atoms with Crippen LogP contribution in [0.25, 0.3) is 0 Å². The highest BCUT2D eigenvalue weighted by Crippen LogP contribution is 2.28. The Hall–Kier alpha value is -0.870. The van der Waals surface area contributed by atoms with Crippen LogP contribution in [0.1, 0.15) is 12.0 Å². The molecule has 0 amide bonds. The lowest BCUT2D eigenvalue weighted by Gasteiger charge is -2.28. The lowest BCUT2D eigenvalue weighted by Crippen LogP contribution is -2.44. The highest BCUT2D eigenvalue weighted by atomic mass is 35.5. The smallest absolute Gasteiger partial charge is 0.154 e. The highest BCUT2D eigenvalue weighted by Gasteiger charge is 2.38. The van der Waals surface area contributed by atoms with Crippen LogP contribution in [0.3, 0.4) is 0 Å². The number of anilines is 1. The average Bonchev–Trinajstić information content (AvgIpc) is 2.83. The largest absolute Gasteiger partial charge is 0.349 e. The first-order chi connectivity index (χ1) is 7.24. The number of aryl methyl sites for hydroxylation is 1. The summed E-state index contributed by atoms with van der Waals surface area (Å²) in [6.45, 7) is 4.07. The molecule has 1 aromatic rings. The summed E-state index contributed by atoms with van der Waals surface area (Å²) >= 11 is 5.86. The second-order valence-electron chi connectivity index (χ2n) is 4.32. The molecule has 0 saturated carbocycles. The van der Waals surface area contributed by atoms with Gasteiger partial charge in [0.1, 0.15) is 0 Å². The molecule has 4 nitrogen and oxygen atoms in total. The van der Waals surface area contributed by atoms with Gasteiger partial charge in [0, 0.05) is 25.2 Å². The Morgan fingerprint density at radius 3 is 3.00 bits per heavy atom. The van der Waals surface area contributed by atoms with Gasteiger partial charge in [-0.2, -0.15) is 0 Å². The SMILES string of the molecule is Cc1cc(N2C[C@@H]3C[C@H]2CN3)nnc1Cl. The fourth-order valence-electron chi connectivity index (χ4n) is 2.44. The van der Waals surface area contributed by atoms with Crippen molar-refractivity contribution in [2.24, 2.45) is 0 Å². The molecule has 3 heterocycles. The molecule has 2 saturated heterocycles. The quantitative estimate of drug-likeness (QED) is 0.773. The van der Waals surface area contributed by atoms with E-state index in [0.717, 1.165) is 24.5 Å². The highest BCUT2D eigenvalue weighted by molar-refractivity contribution is 6.30. The minimum absolute atomic E-state index is 0.501. The van der Waals surface area contributed by atoms with Crippen LogP contribution in [0.2, 0.25) is 5.15 Å². The molecule has 2 bridgehead atoms. The molecule has 0 aromatic carbocycles. The van der Waals surface area contributed by atoms with Gasteiger partial charge in [0.25, 0.3) is 0 Å². The third-order valence-electron chi connectivity index (χ3n) is 3.26. The summed E-state index contributed by atoms with van der Waals surface area (Å²) < 4.78 is 0. The van der Waals surface area contributed by atoms with E-state index in [-0.39, 0.29) is 0 Å². The average molecular weight is 225 g/mol. The van der Waals surface area contributed by atoms with Gasteiger partial charge in [0.2, 0.25) is 0 Å². The van der Waals surface area contributed by atoms with Crippen molar-refractivity contribution >= 4 is 17.4 Å². The molecule has 0 radical (unpaired) electrons. The third-order valence-corrected chi connectivity index (χ3v) is 3.64. The predicted molar refractivity (Wildman–Crippen MR) is 59.3 cm³/mol. The number of halogens is 1. The van der Waals surface area contributed by atoms with E-state index in [4.69, 9.17) is 11.6 Å². The van der Waals surface area contributed by atoms with Crippen molar-refractivity contribution in [3.8, 4) is 0 Å². The molecule has 2 atom stereocenters. The first kappa shape index (κ1) is 9.36. The summed E-state index contributed by atoms with van der Waals surface area (Å²) in [4.78, 5) is 2.33. The van der Waals surface area contributed by atoms with Crippen molar-refractivity contribution in [2.45, 2.75) is 25.4 Å². The van der Waals surface area contributed by atoms with E-state index in [0.29, 0.717) is 17.2 Å². The second-order valence-corrected chi connectivity index (χ2v) is 4.68. The Balaban J connectivity index is 1.90. The molecule has 2 fully saturated rings. The van der Waals surface area contributed by atoms with Crippen molar-refractivity contribution in [2.75, 3.05) is 18.0 Å². The Morgan fingerprint density at radius 2 is 2.40 bits per heavy atom. The van der Waals surface area contributed by atoms with E-state index < -0.39 is 0 Å². The van der Waals surface area contributed by atoms with Gasteiger partial charge in [-0.1, -0.05) is 11.6 Å². The molecular weight excluding hydrogens is 212 g/mol. The van der Waals surface area contributed by atoms with Crippen molar-refractivity contribution in [3.05, 3.63) is 16.8 Å². The Kier molecular flexibility index (Phi) is 2.07. The molecule has 0 aliphatic carbocycles. The molecule has 3 rings (SSSR count). The van der Waals surface area contributed by atoms with E-state index >= 15 is 0 Å². The molecule has 1 N–H and O–H groups in total. The van der Waals surface area contributed by atoms with Gasteiger partial charge >= 0.3 is 0 Å². The maximum atomic E-state index is 5.86. The minimum Gasteiger partial charge on any atom is -0.349 e. The molecule has 1 aromatic heterocycles. The van der Waals surface area contributed by atoms with Crippen molar-refractivity contribution in [1.82, 2.24) is 15.5 Å². The van der Waals surface area contributed by atoms with Gasteiger partial charge in [-0.15, -0.1) is 10.2 Å². The summed E-state index contributed by atoms with van der Waals surface area (Å²) in [6.07, 6.45) is 1.23. The van der Waals surface area contributed by atoms with Crippen LogP contribution in [0.5, 0.6) is 0 Å². The lowest BCUT2D eigenvalue weighted by molar-refractivity contribution is 0.574. The maximum absolute atomic E-state index is 5.86. The van der Waals surface area contributed by atoms with E-state index in [1.165, 1.54) is 6.42 Å². The lowest BCUT2D eigenvalue weighted by atomic mass is 10.2. The van der Waals surface area contributed by atoms with Crippen LogP contribution >= 0.6 is 11.6 Å². The number of fused-ring (bicyclic) bond motifs is 2. The maximum Gasteiger partial charge on any atom is 0.154 e. The normalized spacial score (nSPS) is 28.8. The van der Waals surface area contributed by atoms with Crippen LogP contribution in [-0.2, 0) is 0 Å². The number of nitrogens with one attached hydrogen (secondary N) is 1. The van der Waals surface area contributed by atoms with Crippen molar-refractivity contribution < 1.29 is 0 Å². The number of nitrogens with zero attached hydrogens (tertiary/aromatic N) is 3. The molecule has 80 valence electrons.